The SMILES string of the molecule is NCCCNc1ncnc2ccsc12. The Balaban J connectivity index is 2.19. The summed E-state index contributed by atoms with van der Waals surface area (Å²) in [4.78, 5) is 8.36. The van der Waals surface area contributed by atoms with Crippen molar-refractivity contribution in [3.63, 3.8) is 0 Å². The second kappa shape index (κ2) is 4.34. The summed E-state index contributed by atoms with van der Waals surface area (Å²) in [6, 6.07) is 2.00. The molecule has 2 heterocycles. The molecule has 0 aliphatic rings. The molecular formula is C9H12N4S. The van der Waals surface area contributed by atoms with E-state index in [9.17, 15) is 0 Å². The molecule has 0 amide bonds. The van der Waals surface area contributed by atoms with Crippen LogP contribution >= 0.6 is 11.3 Å². The van der Waals surface area contributed by atoms with Crippen molar-refractivity contribution in [3.05, 3.63) is 17.8 Å². The second-order valence-corrected chi connectivity index (χ2v) is 3.84. The van der Waals surface area contributed by atoms with E-state index in [-0.39, 0.29) is 0 Å². The van der Waals surface area contributed by atoms with Gasteiger partial charge in [0.1, 0.15) is 12.1 Å². The minimum atomic E-state index is 0.700. The largest absolute Gasteiger partial charge is 0.369 e. The molecule has 0 atom stereocenters. The van der Waals surface area contributed by atoms with E-state index in [1.54, 1.807) is 17.7 Å². The lowest BCUT2D eigenvalue weighted by molar-refractivity contribution is 0.871. The lowest BCUT2D eigenvalue weighted by Gasteiger charge is -2.04. The zero-order valence-electron chi connectivity index (χ0n) is 7.73. The van der Waals surface area contributed by atoms with Crippen LogP contribution in [0.2, 0.25) is 0 Å². The van der Waals surface area contributed by atoms with E-state index in [2.05, 4.69) is 15.3 Å². The predicted octanol–water partition coefficient (Wildman–Crippen LogP) is 1.45. The van der Waals surface area contributed by atoms with Gasteiger partial charge in [-0.25, -0.2) is 9.97 Å². The fourth-order valence-electron chi connectivity index (χ4n) is 1.22. The summed E-state index contributed by atoms with van der Waals surface area (Å²) in [5, 5.41) is 5.28. The molecule has 0 saturated heterocycles. The van der Waals surface area contributed by atoms with Crippen molar-refractivity contribution < 1.29 is 0 Å². The number of aromatic nitrogens is 2. The van der Waals surface area contributed by atoms with Gasteiger partial charge < -0.3 is 11.1 Å². The third kappa shape index (κ3) is 1.83. The van der Waals surface area contributed by atoms with Gasteiger partial charge in [-0.15, -0.1) is 11.3 Å². The fourth-order valence-corrected chi connectivity index (χ4v) is 2.03. The van der Waals surface area contributed by atoms with Crippen LogP contribution in [-0.2, 0) is 0 Å². The summed E-state index contributed by atoms with van der Waals surface area (Å²) in [5.74, 6) is 0.915. The molecular weight excluding hydrogens is 196 g/mol. The van der Waals surface area contributed by atoms with Gasteiger partial charge in [-0.3, -0.25) is 0 Å². The average Bonchev–Trinajstić information content (AvgIpc) is 2.67. The van der Waals surface area contributed by atoms with Crippen LogP contribution in [0.1, 0.15) is 6.42 Å². The third-order valence-electron chi connectivity index (χ3n) is 1.92. The van der Waals surface area contributed by atoms with Gasteiger partial charge in [0.05, 0.1) is 10.2 Å². The van der Waals surface area contributed by atoms with Gasteiger partial charge in [-0.05, 0) is 24.4 Å². The number of hydrogen-bond acceptors (Lipinski definition) is 5. The summed E-state index contributed by atoms with van der Waals surface area (Å²) in [7, 11) is 0. The Hall–Kier alpha value is -1.20. The molecule has 0 saturated carbocycles. The molecule has 74 valence electrons. The van der Waals surface area contributed by atoms with Gasteiger partial charge >= 0.3 is 0 Å². The fraction of sp³-hybridized carbons (Fsp3) is 0.333. The number of rotatable bonds is 4. The molecule has 2 rings (SSSR count). The van der Waals surface area contributed by atoms with Crippen molar-refractivity contribution in [2.24, 2.45) is 5.73 Å². The lowest BCUT2D eigenvalue weighted by Crippen LogP contribution is -2.09. The monoisotopic (exact) mass is 208 g/mol. The topological polar surface area (TPSA) is 63.8 Å². The average molecular weight is 208 g/mol. The number of thiophene rings is 1. The Kier molecular flexibility index (Phi) is 2.90. The number of fused-ring (bicyclic) bond motifs is 1. The normalized spacial score (nSPS) is 10.6. The Bertz CT molecular complexity index is 412. The van der Waals surface area contributed by atoms with Crippen LogP contribution in [0, 0.1) is 0 Å². The van der Waals surface area contributed by atoms with Crippen molar-refractivity contribution in [3.8, 4) is 0 Å². The Morgan fingerprint density at radius 2 is 2.36 bits per heavy atom. The molecule has 0 spiro atoms. The highest BCUT2D eigenvalue weighted by Gasteiger charge is 2.02. The minimum Gasteiger partial charge on any atom is -0.369 e. The summed E-state index contributed by atoms with van der Waals surface area (Å²) in [6.07, 6.45) is 2.54. The second-order valence-electron chi connectivity index (χ2n) is 2.93. The summed E-state index contributed by atoms with van der Waals surface area (Å²) < 4.78 is 1.12. The maximum absolute atomic E-state index is 5.42. The van der Waals surface area contributed by atoms with Crippen LogP contribution in [0.15, 0.2) is 17.8 Å². The quantitative estimate of drug-likeness (QED) is 0.746. The molecule has 2 aromatic heterocycles. The van der Waals surface area contributed by atoms with Gasteiger partial charge in [0.25, 0.3) is 0 Å². The van der Waals surface area contributed by atoms with E-state index in [1.165, 1.54) is 0 Å². The molecule has 0 aliphatic carbocycles. The first-order chi connectivity index (χ1) is 6.92. The first-order valence-electron chi connectivity index (χ1n) is 4.54. The van der Waals surface area contributed by atoms with Gasteiger partial charge in [0.2, 0.25) is 0 Å². The minimum absolute atomic E-state index is 0.700. The first kappa shape index (κ1) is 9.36. The third-order valence-corrected chi connectivity index (χ3v) is 2.83. The van der Waals surface area contributed by atoms with Crippen LogP contribution in [0.4, 0.5) is 5.82 Å². The van der Waals surface area contributed by atoms with E-state index in [1.807, 2.05) is 11.4 Å². The number of hydrogen-bond donors (Lipinski definition) is 2. The van der Waals surface area contributed by atoms with Crippen LogP contribution in [0.25, 0.3) is 10.2 Å². The number of nitrogens with two attached hydrogens (primary N) is 1. The maximum atomic E-state index is 5.42. The van der Waals surface area contributed by atoms with Gasteiger partial charge in [0, 0.05) is 6.54 Å². The van der Waals surface area contributed by atoms with Crippen molar-refractivity contribution >= 4 is 27.4 Å². The molecule has 3 N–H and O–H groups in total. The highest BCUT2D eigenvalue weighted by Crippen LogP contribution is 2.24. The summed E-state index contributed by atoms with van der Waals surface area (Å²) in [6.45, 7) is 1.56. The molecule has 0 unspecified atom stereocenters. The Labute approximate surface area is 86.2 Å². The van der Waals surface area contributed by atoms with Crippen LogP contribution in [0.5, 0.6) is 0 Å². The molecule has 0 bridgehead atoms. The molecule has 0 radical (unpaired) electrons. The Morgan fingerprint density at radius 1 is 1.43 bits per heavy atom. The molecule has 2 aromatic rings. The smallest absolute Gasteiger partial charge is 0.147 e. The molecule has 4 nitrogen and oxygen atoms in total. The molecule has 0 fully saturated rings. The van der Waals surface area contributed by atoms with Crippen molar-refractivity contribution in [2.75, 3.05) is 18.4 Å². The van der Waals surface area contributed by atoms with Crippen LogP contribution in [0.3, 0.4) is 0 Å². The van der Waals surface area contributed by atoms with E-state index >= 15 is 0 Å². The number of anilines is 1. The maximum Gasteiger partial charge on any atom is 0.147 e. The van der Waals surface area contributed by atoms with E-state index < -0.39 is 0 Å². The number of nitrogens with one attached hydrogen (secondary N) is 1. The molecule has 0 aliphatic heterocycles. The van der Waals surface area contributed by atoms with Crippen molar-refractivity contribution in [1.82, 2.24) is 9.97 Å². The lowest BCUT2D eigenvalue weighted by atomic mass is 10.4. The summed E-state index contributed by atoms with van der Waals surface area (Å²) in [5.41, 5.74) is 6.42. The van der Waals surface area contributed by atoms with Crippen LogP contribution in [-0.4, -0.2) is 23.1 Å². The summed E-state index contributed by atoms with van der Waals surface area (Å²) >= 11 is 1.65. The van der Waals surface area contributed by atoms with Gasteiger partial charge in [-0.2, -0.15) is 0 Å². The predicted molar refractivity (Wildman–Crippen MR) is 59.6 cm³/mol. The Morgan fingerprint density at radius 3 is 3.21 bits per heavy atom. The molecule has 0 aromatic carbocycles. The molecule has 14 heavy (non-hydrogen) atoms. The van der Waals surface area contributed by atoms with E-state index in [0.29, 0.717) is 6.54 Å². The van der Waals surface area contributed by atoms with E-state index in [0.717, 1.165) is 29.0 Å². The first-order valence-corrected chi connectivity index (χ1v) is 5.42. The van der Waals surface area contributed by atoms with Gasteiger partial charge in [-0.1, -0.05) is 0 Å². The molecule has 5 heteroatoms. The van der Waals surface area contributed by atoms with Crippen molar-refractivity contribution in [1.29, 1.82) is 0 Å². The highest BCUT2D eigenvalue weighted by molar-refractivity contribution is 7.17. The van der Waals surface area contributed by atoms with E-state index in [4.69, 9.17) is 5.73 Å². The zero-order valence-corrected chi connectivity index (χ0v) is 8.55. The highest BCUT2D eigenvalue weighted by atomic mass is 32.1. The van der Waals surface area contributed by atoms with Crippen LogP contribution < -0.4 is 11.1 Å². The standard InChI is InChI=1S/C9H12N4S/c10-3-1-4-11-9-8-7(2-5-14-8)12-6-13-9/h2,5-6H,1,3-4,10H2,(H,11,12,13). The van der Waals surface area contributed by atoms with Crippen molar-refractivity contribution in [2.45, 2.75) is 6.42 Å². The number of nitrogens with zero attached hydrogens (tertiary/aromatic N) is 2. The zero-order chi connectivity index (χ0) is 9.80. The van der Waals surface area contributed by atoms with Gasteiger partial charge in [0.15, 0.2) is 0 Å².